The molecule has 7 N–H and O–H groups in total. The topological polar surface area (TPSA) is 152 Å². The molecule has 0 spiro atoms. The predicted molar refractivity (Wildman–Crippen MR) is 99.8 cm³/mol. The zero-order valence-electron chi connectivity index (χ0n) is 14.6. The molecule has 0 aliphatic rings. The number of ether oxygens (including phenoxy) is 1. The van der Waals surface area contributed by atoms with Crippen LogP contribution < -0.4 is 16.2 Å². The smallest absolute Gasteiger partial charge is 0.504 e. The van der Waals surface area contributed by atoms with Crippen LogP contribution in [0.25, 0.3) is 10.2 Å². The molecule has 29 heavy (non-hydrogen) atoms. The van der Waals surface area contributed by atoms with Gasteiger partial charge in [0, 0.05) is 6.07 Å². The van der Waals surface area contributed by atoms with Crippen LogP contribution in [0.1, 0.15) is 5.56 Å². The lowest BCUT2D eigenvalue weighted by atomic mass is 10.1. The van der Waals surface area contributed by atoms with Crippen LogP contribution in [0.3, 0.4) is 0 Å². The van der Waals surface area contributed by atoms with E-state index in [-0.39, 0.29) is 23.7 Å². The van der Waals surface area contributed by atoms with Crippen molar-refractivity contribution in [3.05, 3.63) is 42.0 Å². The summed E-state index contributed by atoms with van der Waals surface area (Å²) < 4.78 is 40.0. The molecule has 3 rings (SSSR count). The Hall–Kier alpha value is -3.25. The number of aromatic nitrogens is 1. The summed E-state index contributed by atoms with van der Waals surface area (Å²) in [6.45, 7) is 0. The van der Waals surface area contributed by atoms with Gasteiger partial charge in [-0.3, -0.25) is 4.79 Å². The number of halogens is 3. The van der Waals surface area contributed by atoms with Crippen LogP contribution in [0.5, 0.6) is 17.2 Å². The number of hydrogen-bond donors (Lipinski definition) is 5. The van der Waals surface area contributed by atoms with Gasteiger partial charge in [0.15, 0.2) is 16.6 Å². The Morgan fingerprint density at radius 1 is 1.17 bits per heavy atom. The van der Waals surface area contributed by atoms with Crippen molar-refractivity contribution in [2.75, 3.05) is 5.73 Å². The molecule has 1 aromatic heterocycles. The molecule has 0 aliphatic carbocycles. The van der Waals surface area contributed by atoms with Crippen molar-refractivity contribution >= 4 is 32.7 Å². The van der Waals surface area contributed by atoms with Gasteiger partial charge in [-0.25, -0.2) is 4.98 Å². The van der Waals surface area contributed by atoms with E-state index in [0.29, 0.717) is 20.9 Å². The van der Waals surface area contributed by atoms with Crippen LogP contribution in [-0.2, 0) is 11.2 Å². The van der Waals surface area contributed by atoms with Crippen LogP contribution >= 0.6 is 11.3 Å². The number of phenolic OH excluding ortho intramolecular Hbond substituents is 2. The summed E-state index contributed by atoms with van der Waals surface area (Å²) in [5.41, 5.74) is 11.8. The molecule has 0 bridgehead atoms. The molecule has 0 fully saturated rings. The number of hydrogen-bond acceptors (Lipinski definition) is 8. The molecule has 12 heteroatoms. The number of anilines is 1. The largest absolute Gasteiger partial charge is 0.573 e. The molecular formula is C17H16F3N3O5S. The van der Waals surface area contributed by atoms with Crippen molar-refractivity contribution in [3.63, 3.8) is 0 Å². The highest BCUT2D eigenvalue weighted by atomic mass is 32.1. The minimum atomic E-state index is -4.68. The first-order valence-corrected chi connectivity index (χ1v) is 8.67. The van der Waals surface area contributed by atoms with Crippen LogP contribution in [-0.4, -0.2) is 38.7 Å². The lowest BCUT2D eigenvalue weighted by Crippen LogP contribution is -2.32. The van der Waals surface area contributed by atoms with Gasteiger partial charge in [0.1, 0.15) is 11.8 Å². The van der Waals surface area contributed by atoms with Gasteiger partial charge in [0.2, 0.25) is 0 Å². The first-order valence-electron chi connectivity index (χ1n) is 7.85. The van der Waals surface area contributed by atoms with Crippen molar-refractivity contribution < 1.29 is 38.0 Å². The first-order chi connectivity index (χ1) is 13.4. The molecule has 0 saturated heterocycles. The van der Waals surface area contributed by atoms with Gasteiger partial charge in [-0.2, -0.15) is 0 Å². The number of aromatic hydroxyl groups is 2. The number of rotatable bonds is 4. The normalized spacial score (nSPS) is 12.1. The van der Waals surface area contributed by atoms with Crippen LogP contribution in [0.4, 0.5) is 18.3 Å². The van der Waals surface area contributed by atoms with E-state index in [1.165, 1.54) is 36.4 Å². The van der Waals surface area contributed by atoms with E-state index < -0.39 is 18.4 Å². The first kappa shape index (κ1) is 22.0. The van der Waals surface area contributed by atoms with Crippen molar-refractivity contribution in [1.29, 1.82) is 0 Å². The third-order valence-corrected chi connectivity index (χ3v) is 4.27. The molecule has 0 saturated carbocycles. The maximum atomic E-state index is 11.9. The molecule has 156 valence electrons. The lowest BCUT2D eigenvalue weighted by Gasteiger charge is -2.07. The number of thiazole rings is 1. The molecular weight excluding hydrogens is 415 g/mol. The number of phenols is 2. The number of carboxylic acids is 1. The molecule has 0 amide bonds. The Bertz CT molecular complexity index is 1010. The molecule has 3 aromatic rings. The van der Waals surface area contributed by atoms with Gasteiger partial charge < -0.3 is 31.5 Å². The van der Waals surface area contributed by atoms with Crippen molar-refractivity contribution in [2.24, 2.45) is 5.73 Å². The number of nitrogens with two attached hydrogens (primary N) is 2. The Morgan fingerprint density at radius 3 is 2.45 bits per heavy atom. The van der Waals surface area contributed by atoms with Gasteiger partial charge in [0.25, 0.3) is 0 Å². The molecule has 0 unspecified atom stereocenters. The van der Waals surface area contributed by atoms with E-state index in [4.69, 9.17) is 26.8 Å². The number of fused-ring (bicyclic) bond motifs is 1. The quantitative estimate of drug-likeness (QED) is 0.396. The summed E-state index contributed by atoms with van der Waals surface area (Å²) in [5, 5.41) is 26.9. The van der Waals surface area contributed by atoms with Crippen LogP contribution in [0, 0.1) is 0 Å². The highest BCUT2D eigenvalue weighted by Gasteiger charge is 2.31. The van der Waals surface area contributed by atoms with E-state index in [9.17, 15) is 18.0 Å². The minimum Gasteiger partial charge on any atom is -0.504 e. The fourth-order valence-corrected chi connectivity index (χ4v) is 2.92. The Kier molecular flexibility index (Phi) is 6.72. The summed E-state index contributed by atoms with van der Waals surface area (Å²) in [5.74, 6) is -1.88. The van der Waals surface area contributed by atoms with Crippen molar-refractivity contribution in [1.82, 2.24) is 4.98 Å². The second-order valence-corrected chi connectivity index (χ2v) is 6.76. The van der Waals surface area contributed by atoms with Crippen LogP contribution in [0.15, 0.2) is 36.4 Å². The second kappa shape index (κ2) is 8.84. The predicted octanol–water partition coefficient (Wildman–Crippen LogP) is 2.83. The number of alkyl halides is 3. The molecule has 0 radical (unpaired) electrons. The summed E-state index contributed by atoms with van der Waals surface area (Å²) in [6.07, 6.45) is -4.56. The van der Waals surface area contributed by atoms with Crippen molar-refractivity contribution in [2.45, 2.75) is 18.8 Å². The highest BCUT2D eigenvalue weighted by molar-refractivity contribution is 7.22. The fourth-order valence-electron chi connectivity index (χ4n) is 2.16. The van der Waals surface area contributed by atoms with Gasteiger partial charge >= 0.3 is 12.3 Å². The van der Waals surface area contributed by atoms with Gasteiger partial charge in [-0.1, -0.05) is 17.4 Å². The Morgan fingerprint density at radius 2 is 1.86 bits per heavy atom. The zero-order valence-corrected chi connectivity index (χ0v) is 15.4. The van der Waals surface area contributed by atoms with E-state index in [0.717, 1.165) is 11.3 Å². The molecule has 8 nitrogen and oxygen atoms in total. The number of benzene rings is 2. The highest BCUT2D eigenvalue weighted by Crippen LogP contribution is 2.30. The third-order valence-electron chi connectivity index (χ3n) is 3.42. The monoisotopic (exact) mass is 431 g/mol. The number of nitrogens with zero attached hydrogens (tertiary/aromatic N) is 1. The second-order valence-electron chi connectivity index (χ2n) is 5.70. The Labute approximate surface area is 165 Å². The van der Waals surface area contributed by atoms with E-state index in [1.807, 2.05) is 0 Å². The molecule has 0 aliphatic heterocycles. The standard InChI is InChI=1S/C9H11NO4.C8H5F3N2OS/c10-6(9(13)14)3-5-1-2-7(11)8(12)4-5;9-8(10,11)14-4-1-2-5-6(3-4)15-7(12)13-5/h1-2,4,6,11-12H,3,10H2,(H,13,14);1-3H,(H2,12,13)/t6-;/m0./s1. The van der Waals surface area contributed by atoms with Crippen molar-refractivity contribution in [3.8, 4) is 17.2 Å². The molecule has 2 aromatic carbocycles. The average molecular weight is 431 g/mol. The zero-order chi connectivity index (χ0) is 21.8. The number of carbonyl (C=O) groups is 1. The van der Waals surface area contributed by atoms with E-state index in [2.05, 4.69) is 9.72 Å². The summed E-state index contributed by atoms with van der Waals surface area (Å²) in [6, 6.07) is 6.99. The SMILES string of the molecule is N[C@@H](Cc1ccc(O)c(O)c1)C(=O)O.Nc1nc2ccc(OC(F)(F)F)cc2s1. The number of carboxylic acid groups (broad SMARTS) is 1. The number of aliphatic carboxylic acids is 1. The van der Waals surface area contributed by atoms with E-state index in [1.54, 1.807) is 0 Å². The third kappa shape index (κ3) is 6.69. The minimum absolute atomic E-state index is 0.114. The molecule has 1 atom stereocenters. The summed E-state index contributed by atoms with van der Waals surface area (Å²) in [7, 11) is 0. The lowest BCUT2D eigenvalue weighted by molar-refractivity contribution is -0.274. The fraction of sp³-hybridized carbons (Fsp3) is 0.176. The summed E-state index contributed by atoms with van der Waals surface area (Å²) in [4.78, 5) is 14.3. The maximum Gasteiger partial charge on any atom is 0.573 e. The number of nitrogen functional groups attached to an aromatic ring is 1. The van der Waals surface area contributed by atoms with Gasteiger partial charge in [-0.05, 0) is 36.2 Å². The van der Waals surface area contributed by atoms with Crippen LogP contribution in [0.2, 0.25) is 0 Å². The van der Waals surface area contributed by atoms with Gasteiger partial charge in [-0.15, -0.1) is 13.2 Å². The van der Waals surface area contributed by atoms with E-state index >= 15 is 0 Å². The maximum absolute atomic E-state index is 11.9. The summed E-state index contributed by atoms with van der Waals surface area (Å²) >= 11 is 1.11. The molecule has 1 heterocycles. The Balaban J connectivity index is 0.000000208. The average Bonchev–Trinajstić information content (AvgIpc) is 2.96. The van der Waals surface area contributed by atoms with Gasteiger partial charge in [0.05, 0.1) is 10.2 Å².